The van der Waals surface area contributed by atoms with E-state index in [0.717, 1.165) is 50.4 Å². The molecule has 1 N–H and O–H groups in total. The Kier molecular flexibility index (Phi) is 5.43. The van der Waals surface area contributed by atoms with E-state index in [4.69, 9.17) is 0 Å². The number of likely N-dealkylation sites (tertiary alicyclic amines) is 1. The molecule has 9 heteroatoms. The largest absolute Gasteiger partial charge is 0.342 e. The predicted molar refractivity (Wildman–Crippen MR) is 106 cm³/mol. The molecule has 0 aliphatic carbocycles. The molecular weight excluding hydrogens is 376 g/mol. The lowest BCUT2D eigenvalue weighted by Gasteiger charge is -2.32. The molecule has 0 unspecified atom stereocenters. The number of rotatable bonds is 5. The van der Waals surface area contributed by atoms with Gasteiger partial charge in [-0.25, -0.2) is 4.98 Å². The van der Waals surface area contributed by atoms with Crippen LogP contribution in [-0.4, -0.2) is 49.6 Å². The quantitative estimate of drug-likeness (QED) is 0.828. The van der Waals surface area contributed by atoms with E-state index >= 15 is 0 Å². The topological polar surface area (TPSA) is 93.0 Å². The van der Waals surface area contributed by atoms with Gasteiger partial charge in [-0.3, -0.25) is 9.59 Å². The third-order valence-electron chi connectivity index (χ3n) is 5.42. The number of anilines is 1. The molecule has 2 aliphatic rings. The molecule has 28 heavy (non-hydrogen) atoms. The van der Waals surface area contributed by atoms with Crippen molar-refractivity contribution in [3.05, 3.63) is 22.7 Å². The van der Waals surface area contributed by atoms with Crippen LogP contribution < -0.4 is 5.32 Å². The molecule has 0 spiro atoms. The van der Waals surface area contributed by atoms with E-state index in [0.29, 0.717) is 17.4 Å². The number of hydrogen-bond donors (Lipinski definition) is 1. The number of fused-ring (bicyclic) bond motifs is 1. The van der Waals surface area contributed by atoms with E-state index in [1.165, 1.54) is 11.3 Å². The molecule has 0 saturated carbocycles. The normalized spacial score (nSPS) is 19.1. The average Bonchev–Trinajstić information content (AvgIpc) is 3.39. The van der Waals surface area contributed by atoms with E-state index in [1.54, 1.807) is 0 Å². The minimum atomic E-state index is -0.0992. The molecule has 2 aliphatic heterocycles. The van der Waals surface area contributed by atoms with Crippen molar-refractivity contribution >= 4 is 28.3 Å². The van der Waals surface area contributed by atoms with Crippen molar-refractivity contribution in [1.29, 1.82) is 0 Å². The molecule has 0 aromatic carbocycles. The third kappa shape index (κ3) is 3.94. The van der Waals surface area contributed by atoms with Gasteiger partial charge in [0.2, 0.25) is 11.8 Å². The predicted octanol–water partition coefficient (Wildman–Crippen LogP) is 2.22. The monoisotopic (exact) mass is 402 g/mol. The van der Waals surface area contributed by atoms with Crippen LogP contribution in [0.4, 0.5) is 5.13 Å². The SMILES string of the molecule is CC(C)C(=O)Nc1nc(CC(=O)N2CCC[C@H](c3nnc4n3CCC4)C2)cs1. The highest BCUT2D eigenvalue weighted by Gasteiger charge is 2.30. The van der Waals surface area contributed by atoms with Crippen LogP contribution in [0.15, 0.2) is 5.38 Å². The zero-order chi connectivity index (χ0) is 19.7. The lowest BCUT2D eigenvalue weighted by atomic mass is 9.96. The number of aryl methyl sites for hydroxylation is 1. The van der Waals surface area contributed by atoms with Gasteiger partial charge in [0.15, 0.2) is 5.13 Å². The van der Waals surface area contributed by atoms with Crippen LogP contribution >= 0.6 is 11.3 Å². The first-order valence-corrected chi connectivity index (χ1v) is 10.8. The first-order valence-electron chi connectivity index (χ1n) is 9.96. The number of carbonyl (C=O) groups excluding carboxylic acids is 2. The van der Waals surface area contributed by atoms with Crippen molar-refractivity contribution in [2.24, 2.45) is 5.92 Å². The fraction of sp³-hybridized carbons (Fsp3) is 0.632. The highest BCUT2D eigenvalue weighted by atomic mass is 32.1. The van der Waals surface area contributed by atoms with Crippen molar-refractivity contribution < 1.29 is 9.59 Å². The summed E-state index contributed by atoms with van der Waals surface area (Å²) in [4.78, 5) is 30.9. The highest BCUT2D eigenvalue weighted by Crippen LogP contribution is 2.29. The van der Waals surface area contributed by atoms with E-state index in [9.17, 15) is 9.59 Å². The number of hydrogen-bond acceptors (Lipinski definition) is 6. The van der Waals surface area contributed by atoms with Crippen molar-refractivity contribution in [2.75, 3.05) is 18.4 Å². The Labute approximate surface area is 168 Å². The maximum absolute atomic E-state index is 12.8. The van der Waals surface area contributed by atoms with E-state index in [-0.39, 0.29) is 30.1 Å². The molecule has 4 rings (SSSR count). The van der Waals surface area contributed by atoms with Crippen LogP contribution in [0.1, 0.15) is 56.4 Å². The van der Waals surface area contributed by atoms with E-state index in [1.807, 2.05) is 24.1 Å². The summed E-state index contributed by atoms with van der Waals surface area (Å²) in [5.74, 6) is 2.30. The fourth-order valence-corrected chi connectivity index (χ4v) is 4.56. The van der Waals surface area contributed by atoms with Crippen LogP contribution in [0.3, 0.4) is 0 Å². The van der Waals surface area contributed by atoms with Gasteiger partial charge in [0.05, 0.1) is 12.1 Å². The Morgan fingerprint density at radius 2 is 2.14 bits per heavy atom. The van der Waals surface area contributed by atoms with Crippen LogP contribution in [0.2, 0.25) is 0 Å². The zero-order valence-electron chi connectivity index (χ0n) is 16.3. The Bertz CT molecular complexity index is 874. The standard InChI is InChI=1S/C19H26N6O2S/c1-12(2)18(27)21-19-20-14(11-28-19)9-16(26)24-7-3-5-13(10-24)17-23-22-15-6-4-8-25(15)17/h11-13H,3-10H2,1-2H3,(H,20,21,27)/t13-/m0/s1. The molecule has 2 aromatic heterocycles. The molecule has 0 bridgehead atoms. The minimum absolute atomic E-state index is 0.0630. The Hall–Kier alpha value is -2.29. The van der Waals surface area contributed by atoms with Gasteiger partial charge in [-0.2, -0.15) is 0 Å². The van der Waals surface area contributed by atoms with Gasteiger partial charge in [-0.05, 0) is 19.3 Å². The second-order valence-electron chi connectivity index (χ2n) is 7.87. The van der Waals surface area contributed by atoms with Crippen LogP contribution in [0.25, 0.3) is 0 Å². The summed E-state index contributed by atoms with van der Waals surface area (Å²) < 4.78 is 2.24. The summed E-state index contributed by atoms with van der Waals surface area (Å²) in [6.07, 6.45) is 4.42. The summed E-state index contributed by atoms with van der Waals surface area (Å²) in [7, 11) is 0. The fourth-order valence-electron chi connectivity index (χ4n) is 3.85. The van der Waals surface area contributed by atoms with Gasteiger partial charge in [-0.1, -0.05) is 13.8 Å². The Morgan fingerprint density at radius 1 is 1.29 bits per heavy atom. The van der Waals surface area contributed by atoms with Crippen molar-refractivity contribution in [3.8, 4) is 0 Å². The Balaban J connectivity index is 1.37. The molecule has 8 nitrogen and oxygen atoms in total. The van der Waals surface area contributed by atoms with Gasteiger partial charge < -0.3 is 14.8 Å². The van der Waals surface area contributed by atoms with Crippen molar-refractivity contribution in [2.45, 2.75) is 58.4 Å². The third-order valence-corrected chi connectivity index (χ3v) is 6.22. The smallest absolute Gasteiger partial charge is 0.228 e. The molecule has 2 amide bonds. The molecule has 0 radical (unpaired) electrons. The number of nitrogens with zero attached hydrogens (tertiary/aromatic N) is 5. The number of carbonyl (C=O) groups is 2. The molecule has 2 aromatic rings. The van der Waals surface area contributed by atoms with Gasteiger partial charge in [0.25, 0.3) is 0 Å². The molecule has 1 atom stereocenters. The first-order chi connectivity index (χ1) is 13.5. The number of thiazole rings is 1. The van der Waals surface area contributed by atoms with Crippen LogP contribution in [-0.2, 0) is 29.0 Å². The number of nitrogens with one attached hydrogen (secondary N) is 1. The lowest BCUT2D eigenvalue weighted by Crippen LogP contribution is -2.40. The zero-order valence-corrected chi connectivity index (χ0v) is 17.2. The summed E-state index contributed by atoms with van der Waals surface area (Å²) in [6, 6.07) is 0. The molecule has 1 fully saturated rings. The minimum Gasteiger partial charge on any atom is -0.342 e. The van der Waals surface area contributed by atoms with E-state index < -0.39 is 0 Å². The molecular formula is C19H26N6O2S. The average molecular weight is 403 g/mol. The second-order valence-corrected chi connectivity index (χ2v) is 8.73. The highest BCUT2D eigenvalue weighted by molar-refractivity contribution is 7.13. The Morgan fingerprint density at radius 3 is 2.96 bits per heavy atom. The summed E-state index contributed by atoms with van der Waals surface area (Å²) in [6.45, 7) is 6.14. The van der Waals surface area contributed by atoms with Gasteiger partial charge in [-0.15, -0.1) is 21.5 Å². The molecule has 1 saturated heterocycles. The number of piperidine rings is 1. The first kappa shape index (κ1) is 19.0. The van der Waals surface area contributed by atoms with Gasteiger partial charge in [0, 0.05) is 43.3 Å². The maximum Gasteiger partial charge on any atom is 0.228 e. The summed E-state index contributed by atoms with van der Waals surface area (Å²) in [5, 5.41) is 13.9. The number of amides is 2. The summed E-state index contributed by atoms with van der Waals surface area (Å²) >= 11 is 1.36. The lowest BCUT2D eigenvalue weighted by molar-refractivity contribution is -0.131. The number of aromatic nitrogens is 4. The van der Waals surface area contributed by atoms with Crippen molar-refractivity contribution in [1.82, 2.24) is 24.6 Å². The van der Waals surface area contributed by atoms with Crippen molar-refractivity contribution in [3.63, 3.8) is 0 Å². The van der Waals surface area contributed by atoms with Crippen LogP contribution in [0.5, 0.6) is 0 Å². The molecule has 150 valence electrons. The van der Waals surface area contributed by atoms with Crippen LogP contribution in [0, 0.1) is 5.92 Å². The summed E-state index contributed by atoms with van der Waals surface area (Å²) in [5.41, 5.74) is 0.708. The second kappa shape index (κ2) is 7.98. The van der Waals surface area contributed by atoms with Gasteiger partial charge in [0.1, 0.15) is 11.6 Å². The maximum atomic E-state index is 12.8. The molecule has 4 heterocycles. The van der Waals surface area contributed by atoms with Gasteiger partial charge >= 0.3 is 0 Å². The van der Waals surface area contributed by atoms with E-state index in [2.05, 4.69) is 25.1 Å².